The van der Waals surface area contributed by atoms with E-state index >= 15 is 0 Å². The van der Waals surface area contributed by atoms with Crippen molar-refractivity contribution in [2.45, 2.75) is 11.4 Å². The van der Waals surface area contributed by atoms with Crippen LogP contribution in [0.3, 0.4) is 0 Å². The number of anilines is 1. The maximum absolute atomic E-state index is 11.9. The van der Waals surface area contributed by atoms with Gasteiger partial charge in [-0.2, -0.15) is 0 Å². The lowest BCUT2D eigenvalue weighted by atomic mass is 10.2. The van der Waals surface area contributed by atoms with E-state index in [2.05, 4.69) is 19.5 Å². The lowest BCUT2D eigenvalue weighted by Gasteiger charge is -2.04. The van der Waals surface area contributed by atoms with Gasteiger partial charge in [-0.15, -0.1) is 0 Å². The number of nitrogens with two attached hydrogens (primary N) is 1. The number of aromatic nitrogens is 3. The smallest absolute Gasteiger partial charge is 0.263 e. The summed E-state index contributed by atoms with van der Waals surface area (Å²) in [6.07, 6.45) is 0. The zero-order valence-electron chi connectivity index (χ0n) is 8.57. The van der Waals surface area contributed by atoms with Gasteiger partial charge in [0.1, 0.15) is 0 Å². The van der Waals surface area contributed by atoms with Crippen LogP contribution in [-0.4, -0.2) is 23.2 Å². The van der Waals surface area contributed by atoms with Crippen LogP contribution >= 0.6 is 11.5 Å². The second-order valence-electron chi connectivity index (χ2n) is 3.12. The zero-order chi connectivity index (χ0) is 12.3. The molecule has 0 spiro atoms. The number of nitrogens with one attached hydrogen (secondary N) is 1. The Morgan fingerprint density at radius 1 is 1.29 bits per heavy atom. The second-order valence-corrected chi connectivity index (χ2v) is 5.54. The van der Waals surface area contributed by atoms with E-state index in [9.17, 15) is 8.42 Å². The van der Waals surface area contributed by atoms with Crippen molar-refractivity contribution in [2.75, 3.05) is 4.72 Å². The maximum atomic E-state index is 11.9. The van der Waals surface area contributed by atoms with Crippen molar-refractivity contribution in [3.05, 3.63) is 29.8 Å². The molecule has 90 valence electrons. The molecule has 0 saturated heterocycles. The third kappa shape index (κ3) is 2.75. The minimum absolute atomic E-state index is 0.132. The predicted octanol–water partition coefficient (Wildman–Crippen LogP) is 0.193. The first-order valence-electron chi connectivity index (χ1n) is 4.59. The van der Waals surface area contributed by atoms with Gasteiger partial charge in [0.15, 0.2) is 0 Å². The average Bonchev–Trinajstić information content (AvgIpc) is 2.81. The average molecular weight is 271 g/mol. The topological polar surface area (TPSA) is 111 Å². The highest BCUT2D eigenvalue weighted by Crippen LogP contribution is 2.16. The summed E-state index contributed by atoms with van der Waals surface area (Å²) in [5.41, 5.74) is 6.29. The molecular formula is C8H9N5O2S2. The van der Waals surface area contributed by atoms with Crippen LogP contribution in [0.15, 0.2) is 29.2 Å². The summed E-state index contributed by atoms with van der Waals surface area (Å²) < 4.78 is 29.5. The van der Waals surface area contributed by atoms with Crippen LogP contribution in [0.2, 0.25) is 0 Å². The summed E-state index contributed by atoms with van der Waals surface area (Å²) in [6.45, 7) is 0.369. The molecule has 0 amide bonds. The van der Waals surface area contributed by atoms with Crippen molar-refractivity contribution in [3.8, 4) is 0 Å². The van der Waals surface area contributed by atoms with E-state index in [-0.39, 0.29) is 10.0 Å². The quantitative estimate of drug-likeness (QED) is 0.821. The zero-order valence-corrected chi connectivity index (χ0v) is 10.2. The van der Waals surface area contributed by atoms with Gasteiger partial charge >= 0.3 is 0 Å². The molecule has 0 aliphatic carbocycles. The van der Waals surface area contributed by atoms with Crippen LogP contribution in [0.25, 0.3) is 0 Å². The van der Waals surface area contributed by atoms with E-state index in [1.54, 1.807) is 12.1 Å². The first kappa shape index (κ1) is 11.9. The van der Waals surface area contributed by atoms with E-state index in [0.29, 0.717) is 6.54 Å². The van der Waals surface area contributed by atoms with Gasteiger partial charge in [-0.3, -0.25) is 4.72 Å². The Balaban J connectivity index is 2.25. The van der Waals surface area contributed by atoms with Gasteiger partial charge in [-0.1, -0.05) is 21.7 Å². The van der Waals surface area contributed by atoms with E-state index in [1.165, 1.54) is 12.1 Å². The number of rotatable bonds is 4. The van der Waals surface area contributed by atoms with Crippen LogP contribution in [0.5, 0.6) is 0 Å². The Morgan fingerprint density at radius 3 is 2.53 bits per heavy atom. The van der Waals surface area contributed by atoms with E-state index in [1.807, 2.05) is 0 Å². The number of hydrogen-bond donors (Lipinski definition) is 2. The molecule has 0 aliphatic rings. The van der Waals surface area contributed by atoms with Gasteiger partial charge in [0, 0.05) is 18.1 Å². The lowest BCUT2D eigenvalue weighted by molar-refractivity contribution is 0.601. The summed E-state index contributed by atoms with van der Waals surface area (Å²) in [6, 6.07) is 6.29. The van der Waals surface area contributed by atoms with Crippen molar-refractivity contribution in [3.63, 3.8) is 0 Å². The molecule has 3 N–H and O–H groups in total. The molecule has 1 aromatic carbocycles. The highest BCUT2D eigenvalue weighted by molar-refractivity contribution is 7.93. The highest BCUT2D eigenvalue weighted by atomic mass is 32.2. The first-order chi connectivity index (χ1) is 8.12. The number of sulfonamides is 1. The molecule has 0 bridgehead atoms. The highest BCUT2D eigenvalue weighted by Gasteiger charge is 2.15. The van der Waals surface area contributed by atoms with Crippen LogP contribution in [0.1, 0.15) is 5.56 Å². The van der Waals surface area contributed by atoms with Crippen LogP contribution < -0.4 is 10.5 Å². The molecule has 17 heavy (non-hydrogen) atoms. The molecule has 0 atom stereocenters. The van der Waals surface area contributed by atoms with Gasteiger partial charge in [-0.05, 0) is 22.9 Å². The molecule has 0 radical (unpaired) electrons. The van der Waals surface area contributed by atoms with Crippen LogP contribution in [0, 0.1) is 0 Å². The SMILES string of the molecule is NCc1ccc(S(=O)(=O)Nc2nnns2)cc1. The second kappa shape index (κ2) is 4.73. The standard InChI is InChI=1S/C8H9N5O2S2/c9-5-6-1-3-7(4-2-6)17(14,15)11-8-10-12-13-16-8/h1-4H,5,9H2,(H,10,11,13). The van der Waals surface area contributed by atoms with Crippen molar-refractivity contribution in [1.29, 1.82) is 0 Å². The Bertz CT molecular complexity index is 579. The molecule has 1 aromatic heterocycles. The van der Waals surface area contributed by atoms with Crippen molar-refractivity contribution in [1.82, 2.24) is 14.8 Å². The molecule has 0 aliphatic heterocycles. The minimum Gasteiger partial charge on any atom is -0.326 e. The van der Waals surface area contributed by atoms with E-state index < -0.39 is 10.0 Å². The Labute approximate surface area is 102 Å². The maximum Gasteiger partial charge on any atom is 0.263 e. The lowest BCUT2D eigenvalue weighted by Crippen LogP contribution is -2.13. The third-order valence-electron chi connectivity index (χ3n) is 1.99. The number of nitrogens with zero attached hydrogens (tertiary/aromatic N) is 3. The molecule has 1 heterocycles. The fourth-order valence-corrected chi connectivity index (χ4v) is 2.74. The van der Waals surface area contributed by atoms with E-state index in [0.717, 1.165) is 17.1 Å². The molecule has 9 heteroatoms. The Kier molecular flexibility index (Phi) is 3.31. The van der Waals surface area contributed by atoms with Gasteiger partial charge < -0.3 is 5.73 Å². The minimum atomic E-state index is -3.63. The molecule has 0 fully saturated rings. The summed E-state index contributed by atoms with van der Waals surface area (Å²) in [5, 5.41) is 6.94. The Morgan fingerprint density at radius 2 is 2.00 bits per heavy atom. The number of hydrogen-bond acceptors (Lipinski definition) is 7. The molecular weight excluding hydrogens is 262 g/mol. The van der Waals surface area contributed by atoms with Gasteiger partial charge in [0.25, 0.3) is 10.0 Å². The first-order valence-corrected chi connectivity index (χ1v) is 6.84. The van der Waals surface area contributed by atoms with Crippen molar-refractivity contribution < 1.29 is 8.42 Å². The van der Waals surface area contributed by atoms with Crippen molar-refractivity contribution >= 4 is 26.7 Å². The summed E-state index contributed by atoms with van der Waals surface area (Å²) in [5.74, 6) is 0. The fourth-order valence-electron chi connectivity index (χ4n) is 1.15. The van der Waals surface area contributed by atoms with Crippen LogP contribution in [0.4, 0.5) is 5.13 Å². The van der Waals surface area contributed by atoms with Gasteiger partial charge in [-0.25, -0.2) is 8.42 Å². The number of benzene rings is 1. The summed E-state index contributed by atoms with van der Waals surface area (Å²) in [4.78, 5) is 0.143. The third-order valence-corrected chi connectivity index (χ3v) is 3.99. The van der Waals surface area contributed by atoms with Gasteiger partial charge in [0.05, 0.1) is 4.90 Å². The van der Waals surface area contributed by atoms with Gasteiger partial charge in [0.2, 0.25) is 5.13 Å². The van der Waals surface area contributed by atoms with E-state index in [4.69, 9.17) is 5.73 Å². The molecule has 2 aromatic rings. The largest absolute Gasteiger partial charge is 0.326 e. The van der Waals surface area contributed by atoms with Crippen molar-refractivity contribution in [2.24, 2.45) is 5.73 Å². The van der Waals surface area contributed by atoms with Crippen LogP contribution in [-0.2, 0) is 16.6 Å². The normalized spacial score (nSPS) is 11.4. The molecule has 0 unspecified atom stereocenters. The molecule has 0 saturated carbocycles. The summed E-state index contributed by atoms with van der Waals surface area (Å²) >= 11 is 0.870. The fraction of sp³-hybridized carbons (Fsp3) is 0.125. The molecule has 7 nitrogen and oxygen atoms in total. The summed E-state index contributed by atoms with van der Waals surface area (Å²) in [7, 11) is -3.63. The monoisotopic (exact) mass is 271 g/mol. The molecule has 2 rings (SSSR count). The predicted molar refractivity (Wildman–Crippen MR) is 62.8 cm³/mol. The Hall–Kier alpha value is -1.58.